The summed E-state index contributed by atoms with van der Waals surface area (Å²) in [5.74, 6) is 0. The molecule has 1 atom stereocenters. The average Bonchev–Trinajstić information content (AvgIpc) is 2.58. The van der Waals surface area contributed by atoms with Crippen molar-refractivity contribution in [2.75, 3.05) is 20.6 Å². The van der Waals surface area contributed by atoms with Crippen molar-refractivity contribution in [1.29, 1.82) is 0 Å². The van der Waals surface area contributed by atoms with Gasteiger partial charge in [-0.3, -0.25) is 0 Å². The van der Waals surface area contributed by atoms with Crippen LogP contribution >= 0.6 is 12.2 Å². The van der Waals surface area contributed by atoms with Gasteiger partial charge in [-0.25, -0.2) is 0 Å². The number of hydrogen-bond acceptors (Lipinski definition) is 1. The summed E-state index contributed by atoms with van der Waals surface area (Å²) in [5, 5.41) is 7.34. The molecule has 23 heavy (non-hydrogen) atoms. The van der Waals surface area contributed by atoms with Gasteiger partial charge in [-0.15, -0.1) is 0 Å². The van der Waals surface area contributed by atoms with Crippen molar-refractivity contribution in [3.8, 4) is 0 Å². The predicted molar refractivity (Wildman–Crippen MR) is 101 cm³/mol. The van der Waals surface area contributed by atoms with Crippen molar-refractivity contribution in [1.82, 2.24) is 10.6 Å². The summed E-state index contributed by atoms with van der Waals surface area (Å²) in [4.78, 5) is 1.42. The minimum Gasteiger partial charge on any atom is -0.359 e. The second kappa shape index (κ2) is 9.28. The zero-order chi connectivity index (χ0) is 16.5. The molecule has 2 aromatic carbocycles. The summed E-state index contributed by atoms with van der Waals surface area (Å²) < 4.78 is 0. The van der Waals surface area contributed by atoms with Crippen LogP contribution in [0.2, 0.25) is 0 Å². The van der Waals surface area contributed by atoms with E-state index in [1.165, 1.54) is 16.0 Å². The Morgan fingerprint density at radius 1 is 0.913 bits per heavy atom. The van der Waals surface area contributed by atoms with Gasteiger partial charge in [-0.1, -0.05) is 60.7 Å². The zero-order valence-electron chi connectivity index (χ0n) is 13.9. The SMILES string of the molecule is C[NH+](C)[C@H](CNC(=S)NCc1ccccc1)Cc1ccccc1. The van der Waals surface area contributed by atoms with Gasteiger partial charge in [0, 0.05) is 13.0 Å². The van der Waals surface area contributed by atoms with Gasteiger partial charge in [0.05, 0.1) is 20.6 Å². The molecule has 3 N–H and O–H groups in total. The molecule has 0 aliphatic heterocycles. The molecule has 0 amide bonds. The van der Waals surface area contributed by atoms with Gasteiger partial charge in [0.1, 0.15) is 6.04 Å². The van der Waals surface area contributed by atoms with Gasteiger partial charge in [-0.05, 0) is 23.3 Å². The van der Waals surface area contributed by atoms with Crippen LogP contribution < -0.4 is 15.5 Å². The molecule has 0 bridgehead atoms. The third-order valence-corrected chi connectivity index (χ3v) is 4.24. The van der Waals surface area contributed by atoms with Crippen molar-refractivity contribution in [2.24, 2.45) is 0 Å². The van der Waals surface area contributed by atoms with Crippen LogP contribution in [0.5, 0.6) is 0 Å². The first kappa shape index (κ1) is 17.4. The lowest BCUT2D eigenvalue weighted by atomic mass is 10.1. The molecule has 0 unspecified atom stereocenters. The molecule has 0 aliphatic carbocycles. The molecule has 4 heteroatoms. The largest absolute Gasteiger partial charge is 0.359 e. The number of rotatable bonds is 7. The number of hydrogen-bond donors (Lipinski definition) is 3. The summed E-state index contributed by atoms with van der Waals surface area (Å²) >= 11 is 5.39. The fourth-order valence-electron chi connectivity index (χ4n) is 2.44. The maximum atomic E-state index is 5.39. The lowest BCUT2D eigenvalue weighted by molar-refractivity contribution is -0.884. The minimum atomic E-state index is 0.480. The van der Waals surface area contributed by atoms with E-state index in [1.807, 2.05) is 18.2 Å². The molecule has 0 saturated carbocycles. The van der Waals surface area contributed by atoms with E-state index in [0.717, 1.165) is 19.5 Å². The highest BCUT2D eigenvalue weighted by Crippen LogP contribution is 2.01. The predicted octanol–water partition coefficient (Wildman–Crippen LogP) is 1.41. The topological polar surface area (TPSA) is 28.5 Å². The smallest absolute Gasteiger partial charge is 0.166 e. The van der Waals surface area contributed by atoms with Gasteiger partial charge < -0.3 is 15.5 Å². The lowest BCUT2D eigenvalue weighted by Crippen LogP contribution is -3.11. The quantitative estimate of drug-likeness (QED) is 0.671. The second-order valence-corrected chi connectivity index (χ2v) is 6.42. The second-order valence-electron chi connectivity index (χ2n) is 6.01. The standard InChI is InChI=1S/C19H25N3S/c1-22(2)18(13-16-9-5-3-6-10-16)15-21-19(23)20-14-17-11-7-4-8-12-17/h3-12,18H,13-15H2,1-2H3,(H2,20,21,23)/p+1/t18-/m0/s1. The van der Waals surface area contributed by atoms with Gasteiger partial charge in [0.25, 0.3) is 0 Å². The number of benzene rings is 2. The van der Waals surface area contributed by atoms with E-state index in [0.29, 0.717) is 11.2 Å². The van der Waals surface area contributed by atoms with E-state index in [4.69, 9.17) is 12.2 Å². The van der Waals surface area contributed by atoms with Crippen LogP contribution in [0.15, 0.2) is 60.7 Å². The third-order valence-electron chi connectivity index (χ3n) is 3.95. The summed E-state index contributed by atoms with van der Waals surface area (Å²) in [6.45, 7) is 1.61. The third kappa shape index (κ3) is 6.38. The fraction of sp³-hybridized carbons (Fsp3) is 0.316. The van der Waals surface area contributed by atoms with E-state index in [2.05, 4.69) is 67.2 Å². The maximum Gasteiger partial charge on any atom is 0.166 e. The highest BCUT2D eigenvalue weighted by molar-refractivity contribution is 7.80. The normalized spacial score (nSPS) is 12.0. The molecule has 0 aliphatic rings. The Bertz CT molecular complexity index is 584. The number of likely N-dealkylation sites (N-methyl/N-ethyl adjacent to an activating group) is 1. The van der Waals surface area contributed by atoms with Crippen molar-refractivity contribution in [3.05, 3.63) is 71.8 Å². The molecule has 0 heterocycles. The van der Waals surface area contributed by atoms with Gasteiger partial charge >= 0.3 is 0 Å². The fourth-order valence-corrected chi connectivity index (χ4v) is 2.59. The first-order chi connectivity index (χ1) is 11.1. The molecular weight excluding hydrogens is 302 g/mol. The highest BCUT2D eigenvalue weighted by Gasteiger charge is 2.15. The van der Waals surface area contributed by atoms with Crippen LogP contribution in [-0.2, 0) is 13.0 Å². The minimum absolute atomic E-state index is 0.480. The average molecular weight is 329 g/mol. The zero-order valence-corrected chi connectivity index (χ0v) is 14.7. The monoisotopic (exact) mass is 328 g/mol. The number of quaternary nitrogens is 1. The molecular formula is C19H26N3S+. The molecule has 0 radical (unpaired) electrons. The van der Waals surface area contributed by atoms with Crippen LogP contribution in [0.1, 0.15) is 11.1 Å². The Labute approximate surface area is 144 Å². The highest BCUT2D eigenvalue weighted by atomic mass is 32.1. The number of thiocarbonyl (C=S) groups is 1. The van der Waals surface area contributed by atoms with E-state index in [1.54, 1.807) is 0 Å². The summed E-state index contributed by atoms with van der Waals surface area (Å²) in [6.07, 6.45) is 1.04. The molecule has 3 nitrogen and oxygen atoms in total. The summed E-state index contributed by atoms with van der Waals surface area (Å²) in [7, 11) is 4.38. The molecule has 122 valence electrons. The van der Waals surface area contributed by atoms with Crippen LogP contribution in [0.4, 0.5) is 0 Å². The van der Waals surface area contributed by atoms with Gasteiger partial charge in [0.15, 0.2) is 5.11 Å². The van der Waals surface area contributed by atoms with Crippen LogP contribution in [0.25, 0.3) is 0 Å². The molecule has 2 rings (SSSR count). The van der Waals surface area contributed by atoms with Gasteiger partial charge in [0.2, 0.25) is 0 Å². The Hall–Kier alpha value is -1.91. The first-order valence-electron chi connectivity index (χ1n) is 8.04. The van der Waals surface area contributed by atoms with Gasteiger partial charge in [-0.2, -0.15) is 0 Å². The maximum absolute atomic E-state index is 5.39. The molecule has 0 aromatic heterocycles. The van der Waals surface area contributed by atoms with E-state index in [-0.39, 0.29) is 0 Å². The van der Waals surface area contributed by atoms with E-state index < -0.39 is 0 Å². The van der Waals surface area contributed by atoms with Crippen molar-refractivity contribution in [2.45, 2.75) is 19.0 Å². The van der Waals surface area contributed by atoms with Crippen LogP contribution in [0, 0.1) is 0 Å². The van der Waals surface area contributed by atoms with Crippen molar-refractivity contribution in [3.63, 3.8) is 0 Å². The van der Waals surface area contributed by atoms with Crippen LogP contribution in [0.3, 0.4) is 0 Å². The lowest BCUT2D eigenvalue weighted by Gasteiger charge is -2.23. The first-order valence-corrected chi connectivity index (χ1v) is 8.45. The molecule has 2 aromatic rings. The van der Waals surface area contributed by atoms with Crippen molar-refractivity contribution < 1.29 is 4.90 Å². The van der Waals surface area contributed by atoms with E-state index in [9.17, 15) is 0 Å². The van der Waals surface area contributed by atoms with Crippen molar-refractivity contribution >= 4 is 17.3 Å². The molecule has 0 fully saturated rings. The summed E-state index contributed by atoms with van der Waals surface area (Å²) in [6, 6.07) is 21.4. The Morgan fingerprint density at radius 2 is 1.48 bits per heavy atom. The Balaban J connectivity index is 1.78. The Kier molecular flexibility index (Phi) is 7.04. The van der Waals surface area contributed by atoms with Crippen LogP contribution in [-0.4, -0.2) is 31.8 Å². The summed E-state index contributed by atoms with van der Waals surface area (Å²) in [5.41, 5.74) is 2.60. The Morgan fingerprint density at radius 3 is 2.04 bits per heavy atom. The van der Waals surface area contributed by atoms with E-state index >= 15 is 0 Å². The number of nitrogens with one attached hydrogen (secondary N) is 3. The molecule has 0 saturated heterocycles. The molecule has 0 spiro atoms.